The van der Waals surface area contributed by atoms with Crippen molar-refractivity contribution in [3.05, 3.63) is 0 Å². The molecule has 0 amide bonds. The van der Waals surface area contributed by atoms with Gasteiger partial charge >= 0.3 is 0 Å². The second kappa shape index (κ2) is 2.92. The normalized spacial score (nSPS) is 38.0. The van der Waals surface area contributed by atoms with Gasteiger partial charge in [0, 0.05) is 0 Å². The van der Waals surface area contributed by atoms with Crippen LogP contribution in [0.3, 0.4) is 0 Å². The molecule has 2 rings (SSSR count). The van der Waals surface area contributed by atoms with Crippen LogP contribution in [0.2, 0.25) is 0 Å². The number of hydrogen-bond donors (Lipinski definition) is 0. The summed E-state index contributed by atoms with van der Waals surface area (Å²) in [5.41, 5.74) is 0.820. The lowest BCUT2D eigenvalue weighted by Crippen LogP contribution is -2.20. The Hall–Kier alpha value is 0.350. The summed E-state index contributed by atoms with van der Waals surface area (Å²) >= 11 is 0. The Balaban J connectivity index is 2.03. The first-order valence-electron chi connectivity index (χ1n) is 5.75. The summed E-state index contributed by atoms with van der Waals surface area (Å²) in [5, 5.41) is 1.14. The zero-order valence-electron chi connectivity index (χ0n) is 9.60. The monoisotopic (exact) mass is 200 g/mol. The van der Waals surface area contributed by atoms with E-state index >= 15 is 0 Å². The van der Waals surface area contributed by atoms with Gasteiger partial charge in [-0.05, 0) is 47.7 Å². The second-order valence-corrected chi connectivity index (χ2v) is 9.75. The minimum atomic E-state index is -0.122. The maximum Gasteiger partial charge on any atom is -0.000661 e. The van der Waals surface area contributed by atoms with E-state index < -0.39 is 0 Å². The summed E-state index contributed by atoms with van der Waals surface area (Å²) in [6.45, 7) is 4.81. The van der Waals surface area contributed by atoms with Crippen LogP contribution in [0.4, 0.5) is 0 Å². The molecule has 1 saturated heterocycles. The molecular weight excluding hydrogens is 176 g/mol. The van der Waals surface area contributed by atoms with Gasteiger partial charge in [-0.3, -0.25) is 0 Å². The highest BCUT2D eigenvalue weighted by atomic mass is 32.3. The number of hydrogen-bond acceptors (Lipinski definition) is 0. The van der Waals surface area contributed by atoms with Gasteiger partial charge in [-0.15, -0.1) is 0 Å². The van der Waals surface area contributed by atoms with Crippen molar-refractivity contribution in [2.75, 3.05) is 18.3 Å². The van der Waals surface area contributed by atoms with Gasteiger partial charge in [0.2, 0.25) is 0 Å². The van der Waals surface area contributed by atoms with Crippen LogP contribution in [0.25, 0.3) is 0 Å². The summed E-state index contributed by atoms with van der Waals surface area (Å²) in [4.78, 5) is 0. The molecule has 2 fully saturated rings. The van der Waals surface area contributed by atoms with Crippen molar-refractivity contribution in [1.29, 1.82) is 0 Å². The van der Waals surface area contributed by atoms with Crippen LogP contribution in [0, 0.1) is 11.3 Å². The number of rotatable bonds is 4. The molecule has 2 aliphatic rings. The van der Waals surface area contributed by atoms with Crippen molar-refractivity contribution in [1.82, 2.24) is 0 Å². The molecule has 0 radical (unpaired) electrons. The van der Waals surface area contributed by atoms with E-state index in [0.29, 0.717) is 0 Å². The van der Waals surface area contributed by atoms with Gasteiger partial charge < -0.3 is 0 Å². The largest absolute Gasteiger partial charge is 0.242 e. The average molecular weight is 200 g/mol. The van der Waals surface area contributed by atoms with Gasteiger partial charge in [0.05, 0.1) is 0 Å². The Bertz CT molecular complexity index is 203. The maximum absolute atomic E-state index is 2.53. The molecule has 13 heavy (non-hydrogen) atoms. The van der Waals surface area contributed by atoms with Crippen molar-refractivity contribution in [2.24, 2.45) is 11.3 Å². The van der Waals surface area contributed by atoms with Crippen LogP contribution in [0.15, 0.2) is 0 Å². The van der Waals surface area contributed by atoms with Crippen molar-refractivity contribution >= 4 is 10.0 Å². The van der Waals surface area contributed by atoms with Gasteiger partial charge in [0.15, 0.2) is 0 Å². The molecule has 0 spiro atoms. The van der Waals surface area contributed by atoms with E-state index in [1.54, 1.807) is 5.75 Å². The summed E-state index contributed by atoms with van der Waals surface area (Å²) in [6.07, 6.45) is 11.0. The van der Waals surface area contributed by atoms with E-state index in [9.17, 15) is 0 Å². The highest BCUT2D eigenvalue weighted by molar-refractivity contribution is 8.39. The van der Waals surface area contributed by atoms with Crippen LogP contribution in [0.5, 0.6) is 0 Å². The molecule has 1 aliphatic carbocycles. The van der Waals surface area contributed by atoms with E-state index in [0.717, 1.165) is 16.6 Å². The highest BCUT2D eigenvalue weighted by Crippen LogP contribution is 2.72. The molecule has 0 N–H and O–H groups in total. The second-order valence-electron chi connectivity index (χ2n) is 5.56. The average Bonchev–Trinajstić information content (AvgIpc) is 2.94. The summed E-state index contributed by atoms with van der Waals surface area (Å²) in [7, 11) is -0.122. The van der Waals surface area contributed by atoms with Crippen molar-refractivity contribution in [3.8, 4) is 0 Å². The van der Waals surface area contributed by atoms with Crippen molar-refractivity contribution in [2.45, 2.75) is 44.8 Å². The smallest absolute Gasteiger partial charge is 0.000661 e. The summed E-state index contributed by atoms with van der Waals surface area (Å²) in [6, 6.07) is 0. The lowest BCUT2D eigenvalue weighted by molar-refractivity contribution is 0.297. The Labute approximate surface area is 84.8 Å². The molecule has 1 heterocycles. The predicted octanol–water partition coefficient (Wildman–Crippen LogP) is 3.65. The SMILES string of the molecule is CCC(C1CS1(C)C)C1(CC)CC1. The molecule has 0 aromatic rings. The molecule has 1 saturated carbocycles. The molecule has 2 unspecified atom stereocenters. The molecule has 0 aromatic carbocycles. The third kappa shape index (κ3) is 1.54. The van der Waals surface area contributed by atoms with E-state index in [2.05, 4.69) is 26.4 Å². The molecule has 0 aromatic heterocycles. The third-order valence-electron chi connectivity index (χ3n) is 4.57. The van der Waals surface area contributed by atoms with Crippen molar-refractivity contribution in [3.63, 3.8) is 0 Å². The minimum absolute atomic E-state index is 0.122. The fraction of sp³-hybridized carbons (Fsp3) is 1.00. The summed E-state index contributed by atoms with van der Waals surface area (Å²) in [5.74, 6) is 2.66. The lowest BCUT2D eigenvalue weighted by Gasteiger charge is -2.27. The van der Waals surface area contributed by atoms with Gasteiger partial charge in [0.1, 0.15) is 0 Å². The van der Waals surface area contributed by atoms with Crippen LogP contribution >= 0.6 is 10.0 Å². The Kier molecular flexibility index (Phi) is 2.22. The minimum Gasteiger partial charge on any atom is -0.242 e. The quantitative estimate of drug-likeness (QED) is 0.608. The Morgan fingerprint density at radius 1 is 1.31 bits per heavy atom. The highest BCUT2D eigenvalue weighted by Gasteiger charge is 2.56. The molecule has 0 bridgehead atoms. The molecule has 2 atom stereocenters. The van der Waals surface area contributed by atoms with Crippen LogP contribution in [-0.2, 0) is 0 Å². The van der Waals surface area contributed by atoms with E-state index in [4.69, 9.17) is 0 Å². The first-order valence-corrected chi connectivity index (χ1v) is 8.44. The molecule has 1 heteroatoms. The van der Waals surface area contributed by atoms with Gasteiger partial charge in [-0.1, -0.05) is 26.7 Å². The zero-order chi connectivity index (χ0) is 9.69. The molecule has 1 aliphatic heterocycles. The lowest BCUT2D eigenvalue weighted by atomic mass is 9.83. The topological polar surface area (TPSA) is 0 Å². The molecular formula is C12H24S. The van der Waals surface area contributed by atoms with Gasteiger partial charge in [0.25, 0.3) is 0 Å². The van der Waals surface area contributed by atoms with E-state index in [1.807, 2.05) is 0 Å². The third-order valence-corrected chi connectivity index (χ3v) is 7.49. The van der Waals surface area contributed by atoms with Crippen LogP contribution < -0.4 is 0 Å². The molecule has 0 nitrogen and oxygen atoms in total. The Morgan fingerprint density at radius 2 is 1.85 bits per heavy atom. The first kappa shape index (κ1) is 9.89. The van der Waals surface area contributed by atoms with Crippen LogP contribution in [-0.4, -0.2) is 23.5 Å². The summed E-state index contributed by atoms with van der Waals surface area (Å²) < 4.78 is 0. The van der Waals surface area contributed by atoms with E-state index in [1.165, 1.54) is 25.7 Å². The van der Waals surface area contributed by atoms with Crippen molar-refractivity contribution < 1.29 is 0 Å². The standard InChI is InChI=1S/C12H24S/c1-5-10(11-9-13(11,3)4)12(6-2)7-8-12/h10-11H,5-9H2,1-4H3. The first-order chi connectivity index (χ1) is 6.06. The maximum atomic E-state index is 2.53. The Morgan fingerprint density at radius 3 is 2.08 bits per heavy atom. The predicted molar refractivity (Wildman–Crippen MR) is 63.8 cm³/mol. The molecule has 78 valence electrons. The van der Waals surface area contributed by atoms with Crippen LogP contribution in [0.1, 0.15) is 39.5 Å². The fourth-order valence-electron chi connectivity index (χ4n) is 3.18. The zero-order valence-corrected chi connectivity index (χ0v) is 10.4. The van der Waals surface area contributed by atoms with E-state index in [-0.39, 0.29) is 10.0 Å². The van der Waals surface area contributed by atoms with Gasteiger partial charge in [-0.25, -0.2) is 10.0 Å². The fourth-order valence-corrected chi connectivity index (χ4v) is 6.37. The van der Waals surface area contributed by atoms with Gasteiger partial charge in [-0.2, -0.15) is 0 Å².